The van der Waals surface area contributed by atoms with Gasteiger partial charge in [0, 0.05) is 12.4 Å². The fraction of sp³-hybridized carbons (Fsp3) is 1.00. The lowest BCUT2D eigenvalue weighted by atomic mass is 10.1. The molecular weight excluding hydrogens is 182 g/mol. The second kappa shape index (κ2) is 8.83. The molecule has 0 spiro atoms. The second-order valence-electron chi connectivity index (χ2n) is 3.83. The van der Waals surface area contributed by atoms with Crippen LogP contribution in [0.25, 0.3) is 0 Å². The summed E-state index contributed by atoms with van der Waals surface area (Å²) in [6.07, 6.45) is 3.76. The van der Waals surface area contributed by atoms with Crippen LogP contribution >= 0.6 is 11.6 Å². The smallest absolute Gasteiger partial charge is 0.0235 e. The molecule has 0 amide bonds. The summed E-state index contributed by atoms with van der Waals surface area (Å²) in [4.78, 5) is 2.50. The van der Waals surface area contributed by atoms with Gasteiger partial charge in [-0.3, -0.25) is 0 Å². The zero-order chi connectivity index (χ0) is 10.1. The van der Waals surface area contributed by atoms with E-state index in [4.69, 9.17) is 11.6 Å². The first-order valence-electron chi connectivity index (χ1n) is 5.52. The van der Waals surface area contributed by atoms with E-state index in [2.05, 4.69) is 25.7 Å². The maximum atomic E-state index is 5.67. The van der Waals surface area contributed by atoms with Crippen LogP contribution in [0.3, 0.4) is 0 Å². The fourth-order valence-corrected chi connectivity index (χ4v) is 1.81. The quantitative estimate of drug-likeness (QED) is 0.550. The monoisotopic (exact) mass is 205 g/mol. The summed E-state index contributed by atoms with van der Waals surface area (Å²) in [5.41, 5.74) is 0. The minimum Gasteiger partial charge on any atom is -0.303 e. The van der Waals surface area contributed by atoms with Gasteiger partial charge < -0.3 is 4.90 Å². The summed E-state index contributed by atoms with van der Waals surface area (Å²) in [5.74, 6) is 1.62. The number of rotatable bonds is 8. The average Bonchev–Trinajstić information content (AvgIpc) is 2.12. The van der Waals surface area contributed by atoms with E-state index in [1.807, 2.05) is 0 Å². The van der Waals surface area contributed by atoms with E-state index >= 15 is 0 Å². The van der Waals surface area contributed by atoms with Crippen molar-refractivity contribution in [3.05, 3.63) is 0 Å². The van der Waals surface area contributed by atoms with Crippen LogP contribution in [-0.4, -0.2) is 30.4 Å². The highest BCUT2D eigenvalue weighted by atomic mass is 35.5. The van der Waals surface area contributed by atoms with Crippen molar-refractivity contribution in [2.45, 2.75) is 40.0 Å². The Labute approximate surface area is 88.5 Å². The van der Waals surface area contributed by atoms with E-state index < -0.39 is 0 Å². The van der Waals surface area contributed by atoms with Crippen LogP contribution in [-0.2, 0) is 0 Å². The van der Waals surface area contributed by atoms with Gasteiger partial charge in [0.15, 0.2) is 0 Å². The van der Waals surface area contributed by atoms with Crippen molar-refractivity contribution in [1.82, 2.24) is 4.90 Å². The molecule has 0 N–H and O–H groups in total. The maximum absolute atomic E-state index is 5.67. The molecule has 0 aliphatic heterocycles. The Morgan fingerprint density at radius 2 is 2.00 bits per heavy atom. The standard InChI is InChI=1S/C11H24ClN/c1-4-7-11(3)10-13(5-2)9-6-8-12/h11H,4-10H2,1-3H3. The molecule has 1 nitrogen and oxygen atoms in total. The highest BCUT2D eigenvalue weighted by Crippen LogP contribution is 2.07. The third kappa shape index (κ3) is 7.33. The van der Waals surface area contributed by atoms with Gasteiger partial charge in [-0.1, -0.05) is 27.2 Å². The molecule has 0 bridgehead atoms. The van der Waals surface area contributed by atoms with E-state index in [1.54, 1.807) is 0 Å². The van der Waals surface area contributed by atoms with Gasteiger partial charge in [0.25, 0.3) is 0 Å². The Kier molecular flexibility index (Phi) is 9.00. The van der Waals surface area contributed by atoms with Crippen molar-refractivity contribution in [2.75, 3.05) is 25.5 Å². The lowest BCUT2D eigenvalue weighted by Gasteiger charge is -2.23. The van der Waals surface area contributed by atoms with Crippen molar-refractivity contribution in [2.24, 2.45) is 5.92 Å². The lowest BCUT2D eigenvalue weighted by Crippen LogP contribution is -2.29. The Hall–Kier alpha value is 0.250. The summed E-state index contributed by atoms with van der Waals surface area (Å²) in [7, 11) is 0. The molecule has 2 heteroatoms. The fourth-order valence-electron chi connectivity index (χ4n) is 1.69. The zero-order valence-electron chi connectivity index (χ0n) is 9.35. The molecule has 1 unspecified atom stereocenters. The molecule has 0 aliphatic rings. The van der Waals surface area contributed by atoms with Crippen LogP contribution in [0.4, 0.5) is 0 Å². The van der Waals surface area contributed by atoms with Crippen molar-refractivity contribution in [1.29, 1.82) is 0 Å². The molecule has 0 aromatic carbocycles. The molecule has 0 radical (unpaired) electrons. The first-order valence-corrected chi connectivity index (χ1v) is 6.06. The van der Waals surface area contributed by atoms with E-state index in [0.717, 1.165) is 31.3 Å². The number of alkyl halides is 1. The van der Waals surface area contributed by atoms with Crippen LogP contribution in [0.15, 0.2) is 0 Å². The maximum Gasteiger partial charge on any atom is 0.0235 e. The van der Waals surface area contributed by atoms with Crippen molar-refractivity contribution in [3.8, 4) is 0 Å². The van der Waals surface area contributed by atoms with Gasteiger partial charge >= 0.3 is 0 Å². The van der Waals surface area contributed by atoms with Crippen molar-refractivity contribution >= 4 is 11.6 Å². The van der Waals surface area contributed by atoms with E-state index in [1.165, 1.54) is 19.4 Å². The molecule has 0 saturated heterocycles. The molecule has 13 heavy (non-hydrogen) atoms. The SMILES string of the molecule is CCCC(C)CN(CC)CCCCl. The minimum atomic E-state index is 0.790. The topological polar surface area (TPSA) is 3.24 Å². The van der Waals surface area contributed by atoms with Gasteiger partial charge in [0.2, 0.25) is 0 Å². The second-order valence-corrected chi connectivity index (χ2v) is 4.21. The summed E-state index contributed by atoms with van der Waals surface area (Å²) in [6.45, 7) is 10.4. The van der Waals surface area contributed by atoms with Crippen LogP contribution in [0.5, 0.6) is 0 Å². The van der Waals surface area contributed by atoms with Gasteiger partial charge in [-0.2, -0.15) is 0 Å². The van der Waals surface area contributed by atoms with E-state index in [9.17, 15) is 0 Å². The normalized spacial score (nSPS) is 13.6. The third-order valence-electron chi connectivity index (χ3n) is 2.41. The predicted molar refractivity (Wildman–Crippen MR) is 61.5 cm³/mol. The molecule has 0 aliphatic carbocycles. The Balaban J connectivity index is 3.56. The van der Waals surface area contributed by atoms with Crippen molar-refractivity contribution < 1.29 is 0 Å². The number of hydrogen-bond acceptors (Lipinski definition) is 1. The van der Waals surface area contributed by atoms with Gasteiger partial charge in [-0.05, 0) is 31.8 Å². The van der Waals surface area contributed by atoms with Crippen LogP contribution < -0.4 is 0 Å². The minimum absolute atomic E-state index is 0.790. The molecule has 1 atom stereocenters. The van der Waals surface area contributed by atoms with E-state index in [0.29, 0.717) is 0 Å². The van der Waals surface area contributed by atoms with Crippen LogP contribution in [0.1, 0.15) is 40.0 Å². The third-order valence-corrected chi connectivity index (χ3v) is 2.67. The Bertz CT molecular complexity index is 106. The van der Waals surface area contributed by atoms with Gasteiger partial charge in [0.05, 0.1) is 0 Å². The highest BCUT2D eigenvalue weighted by molar-refractivity contribution is 6.17. The first kappa shape index (κ1) is 13.2. The Morgan fingerprint density at radius 1 is 1.31 bits per heavy atom. The molecular formula is C11H24ClN. The summed E-state index contributed by atoms with van der Waals surface area (Å²) in [6, 6.07) is 0. The molecule has 0 saturated carbocycles. The summed E-state index contributed by atoms with van der Waals surface area (Å²) >= 11 is 5.67. The molecule has 0 aromatic heterocycles. The van der Waals surface area contributed by atoms with E-state index in [-0.39, 0.29) is 0 Å². The molecule has 80 valence electrons. The van der Waals surface area contributed by atoms with Gasteiger partial charge in [-0.25, -0.2) is 0 Å². The zero-order valence-corrected chi connectivity index (χ0v) is 10.1. The Morgan fingerprint density at radius 3 is 2.46 bits per heavy atom. The van der Waals surface area contributed by atoms with Crippen LogP contribution in [0, 0.1) is 5.92 Å². The van der Waals surface area contributed by atoms with Crippen LogP contribution in [0.2, 0.25) is 0 Å². The number of halogens is 1. The van der Waals surface area contributed by atoms with Gasteiger partial charge in [0.1, 0.15) is 0 Å². The number of nitrogens with zero attached hydrogens (tertiary/aromatic N) is 1. The number of hydrogen-bond donors (Lipinski definition) is 0. The van der Waals surface area contributed by atoms with Gasteiger partial charge in [-0.15, -0.1) is 11.6 Å². The highest BCUT2D eigenvalue weighted by Gasteiger charge is 2.06. The average molecular weight is 206 g/mol. The molecule has 0 fully saturated rings. The van der Waals surface area contributed by atoms with Crippen molar-refractivity contribution in [3.63, 3.8) is 0 Å². The molecule has 0 aromatic rings. The molecule has 0 rings (SSSR count). The predicted octanol–water partition coefficient (Wildman–Crippen LogP) is 3.37. The molecule has 0 heterocycles. The largest absolute Gasteiger partial charge is 0.303 e. The first-order chi connectivity index (χ1) is 6.24. The lowest BCUT2D eigenvalue weighted by molar-refractivity contribution is 0.243. The summed E-state index contributed by atoms with van der Waals surface area (Å²) in [5, 5.41) is 0. The summed E-state index contributed by atoms with van der Waals surface area (Å²) < 4.78 is 0.